The summed E-state index contributed by atoms with van der Waals surface area (Å²) in [5, 5.41) is 1.97. The topological polar surface area (TPSA) is 45.3 Å². The molecule has 0 atom stereocenters. The lowest BCUT2D eigenvalue weighted by atomic mass is 9.91. The summed E-state index contributed by atoms with van der Waals surface area (Å²) in [6, 6.07) is 6.16. The molecule has 26 heavy (non-hydrogen) atoms. The van der Waals surface area contributed by atoms with Crippen molar-refractivity contribution < 1.29 is 4.74 Å². The van der Waals surface area contributed by atoms with Crippen LogP contribution < -0.4 is 10.3 Å². The van der Waals surface area contributed by atoms with Crippen LogP contribution in [-0.2, 0) is 0 Å². The van der Waals surface area contributed by atoms with Crippen molar-refractivity contribution >= 4 is 22.4 Å². The first kappa shape index (κ1) is 19.2. The van der Waals surface area contributed by atoms with Gasteiger partial charge in [0.05, 0.1) is 11.1 Å². The molecule has 0 spiro atoms. The van der Waals surface area contributed by atoms with Gasteiger partial charge in [-0.2, -0.15) is 0 Å². The van der Waals surface area contributed by atoms with Gasteiger partial charge < -0.3 is 14.6 Å². The lowest BCUT2D eigenvalue weighted by molar-refractivity contribution is 0.0878. The molecular weight excluding hydrogens is 348 g/mol. The molecule has 1 saturated carbocycles. The maximum atomic E-state index is 11.9. The Morgan fingerprint density at radius 1 is 1.15 bits per heavy atom. The molecule has 0 unspecified atom stereocenters. The van der Waals surface area contributed by atoms with Gasteiger partial charge >= 0.3 is 0 Å². The third kappa shape index (κ3) is 4.41. The van der Waals surface area contributed by atoms with E-state index in [-0.39, 0.29) is 11.7 Å². The predicted molar refractivity (Wildman–Crippen MR) is 108 cm³/mol. The average Bonchev–Trinajstić information content (AvgIpc) is 2.64. The van der Waals surface area contributed by atoms with Crippen molar-refractivity contribution in [3.63, 3.8) is 0 Å². The van der Waals surface area contributed by atoms with Gasteiger partial charge in [-0.05, 0) is 75.2 Å². The van der Waals surface area contributed by atoms with E-state index in [0.29, 0.717) is 22.2 Å². The first-order valence-electron chi connectivity index (χ1n) is 9.84. The molecule has 1 aromatic carbocycles. The minimum Gasteiger partial charge on any atom is -0.489 e. The summed E-state index contributed by atoms with van der Waals surface area (Å²) < 4.78 is 6.22. The summed E-state index contributed by atoms with van der Waals surface area (Å²) in [6.07, 6.45) is 8.74. The van der Waals surface area contributed by atoms with Crippen LogP contribution in [0.15, 0.2) is 29.2 Å². The quantitative estimate of drug-likeness (QED) is 0.740. The number of nitrogens with zero attached hydrogens (tertiary/aromatic N) is 1. The number of hydrogen-bond acceptors (Lipinski definition) is 3. The molecule has 0 saturated heterocycles. The molecule has 5 heteroatoms. The predicted octanol–water partition coefficient (Wildman–Crippen LogP) is 4.99. The molecule has 2 aromatic rings. The van der Waals surface area contributed by atoms with Crippen molar-refractivity contribution in [1.82, 2.24) is 9.88 Å². The van der Waals surface area contributed by atoms with Gasteiger partial charge in [0.2, 0.25) is 0 Å². The Balaban J connectivity index is 1.65. The highest BCUT2D eigenvalue weighted by Gasteiger charge is 2.26. The number of hydrogen-bond donors (Lipinski definition) is 1. The van der Waals surface area contributed by atoms with Crippen LogP contribution in [0.4, 0.5) is 0 Å². The Labute approximate surface area is 160 Å². The van der Waals surface area contributed by atoms with E-state index in [1.807, 2.05) is 12.1 Å². The number of halogens is 1. The van der Waals surface area contributed by atoms with Crippen LogP contribution in [0.1, 0.15) is 52.4 Å². The average molecular weight is 377 g/mol. The second kappa shape index (κ2) is 8.92. The molecule has 0 amide bonds. The highest BCUT2D eigenvalue weighted by atomic mass is 35.5. The van der Waals surface area contributed by atoms with E-state index in [1.165, 1.54) is 38.8 Å². The third-order valence-electron chi connectivity index (χ3n) is 5.30. The van der Waals surface area contributed by atoms with Gasteiger partial charge in [-0.3, -0.25) is 4.79 Å². The standard InChI is InChI=1S/C21H29ClN2O2/c1-3-11-24(12-4-2)16-5-7-17(8-6-16)26-20-13-15-9-10-23-21(25)18(15)14-19(20)22/h9-10,13-14,16-17H,3-8,11-12H2,1-2H3,(H,23,25). The van der Waals surface area contributed by atoms with Gasteiger partial charge in [-0.25, -0.2) is 0 Å². The largest absolute Gasteiger partial charge is 0.489 e. The van der Waals surface area contributed by atoms with Crippen LogP contribution in [0.2, 0.25) is 5.02 Å². The zero-order chi connectivity index (χ0) is 18.5. The van der Waals surface area contributed by atoms with E-state index < -0.39 is 0 Å². The molecule has 1 aliphatic carbocycles. The summed E-state index contributed by atoms with van der Waals surface area (Å²) in [5.41, 5.74) is -0.122. The monoisotopic (exact) mass is 376 g/mol. The fourth-order valence-corrected chi connectivity index (χ4v) is 4.25. The van der Waals surface area contributed by atoms with Gasteiger partial charge in [0, 0.05) is 17.6 Å². The summed E-state index contributed by atoms with van der Waals surface area (Å²) in [7, 11) is 0. The van der Waals surface area contributed by atoms with E-state index in [9.17, 15) is 4.79 Å². The Morgan fingerprint density at radius 3 is 2.50 bits per heavy atom. The third-order valence-corrected chi connectivity index (χ3v) is 5.60. The molecule has 4 nitrogen and oxygen atoms in total. The zero-order valence-corrected chi connectivity index (χ0v) is 16.5. The maximum Gasteiger partial charge on any atom is 0.255 e. The fraction of sp³-hybridized carbons (Fsp3) is 0.571. The van der Waals surface area contributed by atoms with Crippen molar-refractivity contribution in [2.45, 2.75) is 64.5 Å². The van der Waals surface area contributed by atoms with Gasteiger partial charge in [0.15, 0.2) is 0 Å². The molecule has 142 valence electrons. The Kier molecular flexibility index (Phi) is 6.60. The minimum absolute atomic E-state index is 0.122. The molecule has 1 aromatic heterocycles. The first-order chi connectivity index (χ1) is 12.6. The van der Waals surface area contributed by atoms with Crippen LogP contribution in [0.3, 0.4) is 0 Å². The number of rotatable bonds is 7. The van der Waals surface area contributed by atoms with Crippen molar-refractivity contribution in [3.05, 3.63) is 39.8 Å². The number of benzene rings is 1. The number of aromatic amines is 1. The second-order valence-corrected chi connectivity index (χ2v) is 7.67. The van der Waals surface area contributed by atoms with E-state index >= 15 is 0 Å². The van der Waals surface area contributed by atoms with Crippen LogP contribution in [0, 0.1) is 0 Å². The highest BCUT2D eigenvalue weighted by molar-refractivity contribution is 6.32. The summed E-state index contributed by atoms with van der Waals surface area (Å²) in [5.74, 6) is 0.687. The SMILES string of the molecule is CCCN(CCC)C1CCC(Oc2cc3cc[nH]c(=O)c3cc2Cl)CC1. The van der Waals surface area contributed by atoms with E-state index in [2.05, 4.69) is 23.7 Å². The van der Waals surface area contributed by atoms with Gasteiger partial charge in [-0.15, -0.1) is 0 Å². The van der Waals surface area contributed by atoms with Crippen LogP contribution >= 0.6 is 11.6 Å². The Morgan fingerprint density at radius 2 is 1.85 bits per heavy atom. The number of fused-ring (bicyclic) bond motifs is 1. The molecule has 0 radical (unpaired) electrons. The molecule has 1 fully saturated rings. The molecular formula is C21H29ClN2O2. The summed E-state index contributed by atoms with van der Waals surface area (Å²) in [6.45, 7) is 6.89. The number of ether oxygens (including phenoxy) is 1. The van der Waals surface area contributed by atoms with Crippen molar-refractivity contribution in [3.8, 4) is 5.75 Å². The van der Waals surface area contributed by atoms with E-state index in [0.717, 1.165) is 18.2 Å². The van der Waals surface area contributed by atoms with Gasteiger partial charge in [0.1, 0.15) is 5.75 Å². The van der Waals surface area contributed by atoms with Crippen molar-refractivity contribution in [2.75, 3.05) is 13.1 Å². The minimum atomic E-state index is -0.122. The van der Waals surface area contributed by atoms with Gasteiger partial charge in [0.25, 0.3) is 5.56 Å². The van der Waals surface area contributed by atoms with Crippen LogP contribution in [-0.4, -0.2) is 35.1 Å². The number of pyridine rings is 1. The van der Waals surface area contributed by atoms with E-state index in [4.69, 9.17) is 16.3 Å². The molecule has 0 aliphatic heterocycles. The number of nitrogens with one attached hydrogen (secondary N) is 1. The molecule has 0 bridgehead atoms. The fourth-order valence-electron chi connectivity index (χ4n) is 4.04. The smallest absolute Gasteiger partial charge is 0.255 e. The first-order valence-corrected chi connectivity index (χ1v) is 10.2. The molecule has 1 heterocycles. The van der Waals surface area contributed by atoms with Crippen molar-refractivity contribution in [1.29, 1.82) is 0 Å². The molecule has 1 aliphatic rings. The van der Waals surface area contributed by atoms with Gasteiger partial charge in [-0.1, -0.05) is 25.4 Å². The van der Waals surface area contributed by atoms with Crippen LogP contribution in [0.5, 0.6) is 5.75 Å². The lowest BCUT2D eigenvalue weighted by Gasteiger charge is -2.36. The maximum absolute atomic E-state index is 11.9. The normalized spacial score (nSPS) is 20.6. The Bertz CT molecular complexity index is 775. The van der Waals surface area contributed by atoms with E-state index in [1.54, 1.807) is 12.3 Å². The van der Waals surface area contributed by atoms with Crippen LogP contribution in [0.25, 0.3) is 10.8 Å². The number of aromatic nitrogens is 1. The second-order valence-electron chi connectivity index (χ2n) is 7.26. The summed E-state index contributed by atoms with van der Waals surface area (Å²) >= 11 is 6.37. The lowest BCUT2D eigenvalue weighted by Crippen LogP contribution is -2.41. The summed E-state index contributed by atoms with van der Waals surface area (Å²) in [4.78, 5) is 17.2. The zero-order valence-electron chi connectivity index (χ0n) is 15.8. The number of H-pyrrole nitrogens is 1. The molecule has 1 N–H and O–H groups in total. The van der Waals surface area contributed by atoms with Crippen molar-refractivity contribution in [2.24, 2.45) is 0 Å². The molecule has 3 rings (SSSR count). The Hall–Kier alpha value is -1.52. The highest BCUT2D eigenvalue weighted by Crippen LogP contribution is 2.33.